The van der Waals surface area contributed by atoms with Crippen LogP contribution in [-0.4, -0.2) is 18.4 Å². The fraction of sp³-hybridized carbons (Fsp3) is 0.222. The van der Waals surface area contributed by atoms with Crippen molar-refractivity contribution in [3.8, 4) is 5.75 Å². The summed E-state index contributed by atoms with van der Waals surface area (Å²) >= 11 is 0. The van der Waals surface area contributed by atoms with Gasteiger partial charge in [0.25, 0.3) is 11.8 Å². The van der Waals surface area contributed by atoms with Crippen LogP contribution in [0.4, 0.5) is 0 Å². The number of carbonyl (C=O) groups excluding carboxylic acids is 2. The number of benzene rings is 2. The topological polar surface area (TPSA) is 81.4 Å². The van der Waals surface area contributed by atoms with E-state index in [1.807, 2.05) is 38.1 Å². The van der Waals surface area contributed by atoms with Crippen LogP contribution in [0.15, 0.2) is 48.5 Å². The third kappa shape index (κ3) is 4.85. The predicted molar refractivity (Wildman–Crippen MR) is 88.2 cm³/mol. The Balaban J connectivity index is 2.03. The highest BCUT2D eigenvalue weighted by atomic mass is 16.5. The summed E-state index contributed by atoms with van der Waals surface area (Å²) in [4.78, 5) is 23.1. The summed E-state index contributed by atoms with van der Waals surface area (Å²) in [5.74, 6) is -0.338. The molecule has 0 aliphatic heterocycles. The number of amides is 2. The summed E-state index contributed by atoms with van der Waals surface area (Å²) in [6.45, 7) is 3.73. The van der Waals surface area contributed by atoms with Gasteiger partial charge in [0.2, 0.25) is 0 Å². The molecule has 1 unspecified atom stereocenters. The van der Waals surface area contributed by atoms with Crippen LogP contribution in [0.1, 0.15) is 34.5 Å². The summed E-state index contributed by atoms with van der Waals surface area (Å²) in [5.41, 5.74) is 7.70. The number of hydrogen-bond donors (Lipinski definition) is 2. The molecule has 0 heterocycles. The molecule has 2 amide bonds. The Hall–Kier alpha value is -2.82. The zero-order valence-electron chi connectivity index (χ0n) is 13.2. The lowest BCUT2D eigenvalue weighted by Gasteiger charge is -2.15. The van der Waals surface area contributed by atoms with Crippen molar-refractivity contribution in [2.45, 2.75) is 19.9 Å². The minimum atomic E-state index is -0.562. The average molecular weight is 312 g/mol. The van der Waals surface area contributed by atoms with E-state index in [1.165, 1.54) is 5.56 Å². The number of nitrogens with two attached hydrogens (primary N) is 1. The van der Waals surface area contributed by atoms with E-state index in [1.54, 1.807) is 24.3 Å². The van der Waals surface area contributed by atoms with Crippen LogP contribution < -0.4 is 15.8 Å². The van der Waals surface area contributed by atoms with Gasteiger partial charge in [-0.25, -0.2) is 0 Å². The molecule has 5 nitrogen and oxygen atoms in total. The highest BCUT2D eigenvalue weighted by Gasteiger charge is 2.12. The Kier molecular flexibility index (Phi) is 5.36. The van der Waals surface area contributed by atoms with Gasteiger partial charge < -0.3 is 15.8 Å². The Morgan fingerprint density at radius 3 is 2.52 bits per heavy atom. The van der Waals surface area contributed by atoms with Crippen LogP contribution in [0, 0.1) is 6.92 Å². The second-order valence-corrected chi connectivity index (χ2v) is 5.39. The second-order valence-electron chi connectivity index (χ2n) is 5.39. The largest absolute Gasteiger partial charge is 0.484 e. The normalized spacial score (nSPS) is 11.6. The van der Waals surface area contributed by atoms with Crippen molar-refractivity contribution in [3.05, 3.63) is 65.2 Å². The Bertz CT molecular complexity index is 696. The molecule has 0 spiro atoms. The first-order chi connectivity index (χ1) is 11.0. The number of carbonyl (C=O) groups is 2. The lowest BCUT2D eigenvalue weighted by molar-refractivity contribution is -0.119. The third-order valence-corrected chi connectivity index (χ3v) is 3.40. The molecule has 120 valence electrons. The van der Waals surface area contributed by atoms with Gasteiger partial charge in [-0.15, -0.1) is 0 Å². The maximum atomic E-state index is 12.3. The molecule has 2 aromatic rings. The maximum absolute atomic E-state index is 12.3. The highest BCUT2D eigenvalue weighted by Crippen LogP contribution is 2.16. The van der Waals surface area contributed by atoms with Crippen molar-refractivity contribution in [2.24, 2.45) is 5.73 Å². The van der Waals surface area contributed by atoms with E-state index in [-0.39, 0.29) is 18.6 Å². The minimum absolute atomic E-state index is 0.113. The van der Waals surface area contributed by atoms with Gasteiger partial charge in [-0.05, 0) is 37.6 Å². The number of ether oxygens (including phenoxy) is 1. The Morgan fingerprint density at radius 1 is 1.17 bits per heavy atom. The molecule has 5 heteroatoms. The van der Waals surface area contributed by atoms with E-state index in [0.717, 1.165) is 5.56 Å². The number of rotatable bonds is 6. The van der Waals surface area contributed by atoms with Crippen molar-refractivity contribution in [1.29, 1.82) is 0 Å². The SMILES string of the molecule is Cc1ccc(C(C)NC(=O)c2cccc(OCC(N)=O)c2)cc1. The van der Waals surface area contributed by atoms with Gasteiger partial charge in [0.05, 0.1) is 6.04 Å². The van der Waals surface area contributed by atoms with Crippen molar-refractivity contribution < 1.29 is 14.3 Å². The first-order valence-corrected chi connectivity index (χ1v) is 7.34. The van der Waals surface area contributed by atoms with Gasteiger partial charge in [0, 0.05) is 5.56 Å². The second kappa shape index (κ2) is 7.45. The fourth-order valence-electron chi connectivity index (χ4n) is 2.10. The molecule has 0 fully saturated rings. The van der Waals surface area contributed by atoms with Crippen LogP contribution in [-0.2, 0) is 4.79 Å². The number of aryl methyl sites for hydroxylation is 1. The summed E-state index contributed by atoms with van der Waals surface area (Å²) in [6, 6.07) is 14.5. The molecule has 0 saturated heterocycles. The van der Waals surface area contributed by atoms with E-state index in [4.69, 9.17) is 10.5 Å². The molecule has 1 atom stereocenters. The summed E-state index contributed by atoms with van der Waals surface area (Å²) in [7, 11) is 0. The predicted octanol–water partition coefficient (Wildman–Crippen LogP) is 2.35. The standard InChI is InChI=1S/C18H20N2O3/c1-12-6-8-14(9-7-12)13(2)20-18(22)15-4-3-5-16(10-15)23-11-17(19)21/h3-10,13H,11H2,1-2H3,(H2,19,21)(H,20,22). The van der Waals surface area contributed by atoms with Crippen molar-refractivity contribution in [3.63, 3.8) is 0 Å². The molecule has 2 aromatic carbocycles. The van der Waals surface area contributed by atoms with E-state index >= 15 is 0 Å². The molecule has 0 saturated carbocycles. The molecule has 2 rings (SSSR count). The van der Waals surface area contributed by atoms with Crippen LogP contribution in [0.2, 0.25) is 0 Å². The molecule has 0 bridgehead atoms. The lowest BCUT2D eigenvalue weighted by Crippen LogP contribution is -2.26. The minimum Gasteiger partial charge on any atom is -0.484 e. The van der Waals surface area contributed by atoms with Crippen LogP contribution in [0.3, 0.4) is 0 Å². The van der Waals surface area contributed by atoms with Gasteiger partial charge in [0.15, 0.2) is 6.61 Å². The van der Waals surface area contributed by atoms with Gasteiger partial charge >= 0.3 is 0 Å². The molecular formula is C18H20N2O3. The van der Waals surface area contributed by atoms with Crippen LogP contribution in [0.5, 0.6) is 5.75 Å². The van der Waals surface area contributed by atoms with Gasteiger partial charge in [-0.3, -0.25) is 9.59 Å². The summed E-state index contributed by atoms with van der Waals surface area (Å²) in [6.07, 6.45) is 0. The van der Waals surface area contributed by atoms with Gasteiger partial charge in [0.1, 0.15) is 5.75 Å². The molecule has 3 N–H and O–H groups in total. The van der Waals surface area contributed by atoms with Crippen LogP contribution >= 0.6 is 0 Å². The molecule has 23 heavy (non-hydrogen) atoms. The molecule has 0 radical (unpaired) electrons. The zero-order chi connectivity index (χ0) is 16.8. The zero-order valence-corrected chi connectivity index (χ0v) is 13.2. The molecule has 0 aliphatic rings. The molecule has 0 aliphatic carbocycles. The van der Waals surface area contributed by atoms with Gasteiger partial charge in [-0.1, -0.05) is 35.9 Å². The van der Waals surface area contributed by atoms with E-state index in [9.17, 15) is 9.59 Å². The quantitative estimate of drug-likeness (QED) is 0.859. The highest BCUT2D eigenvalue weighted by molar-refractivity contribution is 5.94. The lowest BCUT2D eigenvalue weighted by atomic mass is 10.1. The van der Waals surface area contributed by atoms with E-state index in [2.05, 4.69) is 5.32 Å². The first kappa shape index (κ1) is 16.5. The summed E-state index contributed by atoms with van der Waals surface area (Å²) < 4.78 is 5.21. The number of nitrogens with one attached hydrogen (secondary N) is 1. The van der Waals surface area contributed by atoms with Crippen molar-refractivity contribution in [1.82, 2.24) is 5.32 Å². The number of hydrogen-bond acceptors (Lipinski definition) is 3. The average Bonchev–Trinajstić information content (AvgIpc) is 2.53. The number of primary amides is 1. The van der Waals surface area contributed by atoms with E-state index in [0.29, 0.717) is 11.3 Å². The maximum Gasteiger partial charge on any atom is 0.255 e. The third-order valence-electron chi connectivity index (χ3n) is 3.40. The molecule has 0 aromatic heterocycles. The Labute approximate surface area is 135 Å². The van der Waals surface area contributed by atoms with E-state index < -0.39 is 5.91 Å². The smallest absolute Gasteiger partial charge is 0.255 e. The Morgan fingerprint density at radius 2 is 1.87 bits per heavy atom. The monoisotopic (exact) mass is 312 g/mol. The summed E-state index contributed by atoms with van der Waals surface area (Å²) in [5, 5.41) is 2.94. The van der Waals surface area contributed by atoms with Crippen molar-refractivity contribution >= 4 is 11.8 Å². The van der Waals surface area contributed by atoms with Crippen molar-refractivity contribution in [2.75, 3.05) is 6.61 Å². The first-order valence-electron chi connectivity index (χ1n) is 7.34. The van der Waals surface area contributed by atoms with Gasteiger partial charge in [-0.2, -0.15) is 0 Å². The fourth-order valence-corrected chi connectivity index (χ4v) is 2.10. The molecular weight excluding hydrogens is 292 g/mol. The van der Waals surface area contributed by atoms with Crippen LogP contribution in [0.25, 0.3) is 0 Å².